The Morgan fingerprint density at radius 2 is 2.06 bits per heavy atom. The molecule has 3 aliphatic rings. The fourth-order valence-electron chi connectivity index (χ4n) is 6.24. The number of halogens is 1. The summed E-state index contributed by atoms with van der Waals surface area (Å²) in [5, 5.41) is 19.4. The number of unbranched alkanes of at least 4 members (excludes halogenated alkanes) is 3. The monoisotopic (exact) mass is 504 g/mol. The lowest BCUT2D eigenvalue weighted by Crippen LogP contribution is -2.56. The van der Waals surface area contributed by atoms with E-state index in [0.717, 1.165) is 18.4 Å². The van der Waals surface area contributed by atoms with Crippen LogP contribution in [0.15, 0.2) is 30.9 Å². The second-order valence-corrected chi connectivity index (χ2v) is 10.1. The van der Waals surface area contributed by atoms with E-state index in [1.807, 2.05) is 19.1 Å². The van der Waals surface area contributed by atoms with Crippen LogP contribution in [0.5, 0.6) is 0 Å². The molecule has 1 aromatic carbocycles. The minimum Gasteiger partial charge on any atom is -0.481 e. The van der Waals surface area contributed by atoms with Gasteiger partial charge in [0.05, 0.1) is 28.6 Å². The Labute approximate surface area is 210 Å². The number of rotatable bonds is 11. The lowest BCUT2D eigenvalue weighted by Gasteiger charge is -2.37. The van der Waals surface area contributed by atoms with E-state index in [0.29, 0.717) is 42.9 Å². The van der Waals surface area contributed by atoms with Crippen LogP contribution in [0.4, 0.5) is 5.69 Å². The first kappa shape index (κ1) is 25.7. The summed E-state index contributed by atoms with van der Waals surface area (Å²) in [5.41, 5.74) is 0.194. The number of hydrogen-bond acceptors (Lipinski definition) is 5. The average molecular weight is 505 g/mol. The Bertz CT molecular complexity index is 995. The molecule has 3 heterocycles. The van der Waals surface area contributed by atoms with E-state index in [4.69, 9.17) is 21.4 Å². The van der Waals surface area contributed by atoms with Crippen LogP contribution < -0.4 is 4.90 Å². The maximum absolute atomic E-state index is 14.3. The molecule has 1 aromatic rings. The molecule has 1 spiro atoms. The van der Waals surface area contributed by atoms with Gasteiger partial charge in [-0.2, -0.15) is 0 Å². The third-order valence-electron chi connectivity index (χ3n) is 7.66. The topological polar surface area (TPSA) is 107 Å². The number of fused-ring (bicyclic) bond motifs is 1. The number of aliphatic hydroxyl groups is 1. The van der Waals surface area contributed by atoms with Gasteiger partial charge in [0.15, 0.2) is 0 Å². The predicted molar refractivity (Wildman–Crippen MR) is 131 cm³/mol. The molecule has 3 fully saturated rings. The van der Waals surface area contributed by atoms with Crippen molar-refractivity contribution in [1.82, 2.24) is 4.90 Å². The third-order valence-corrected chi connectivity index (χ3v) is 7.97. The molecule has 8 nitrogen and oxygen atoms in total. The molecule has 0 unspecified atom stereocenters. The summed E-state index contributed by atoms with van der Waals surface area (Å²) in [6.45, 7) is 6.29. The first-order valence-corrected chi connectivity index (χ1v) is 12.7. The van der Waals surface area contributed by atoms with Crippen LogP contribution in [0, 0.1) is 18.8 Å². The van der Waals surface area contributed by atoms with Gasteiger partial charge in [0.1, 0.15) is 11.6 Å². The number of aryl methyl sites for hydroxylation is 1. The van der Waals surface area contributed by atoms with Crippen LogP contribution in [0.1, 0.15) is 44.1 Å². The molecular formula is C26H33ClN2O6. The Morgan fingerprint density at radius 3 is 2.71 bits per heavy atom. The van der Waals surface area contributed by atoms with Gasteiger partial charge < -0.3 is 24.7 Å². The van der Waals surface area contributed by atoms with Gasteiger partial charge in [-0.25, -0.2) is 0 Å². The molecule has 0 aromatic heterocycles. The molecule has 3 aliphatic heterocycles. The number of carbonyl (C=O) groups excluding carboxylic acids is 2. The van der Waals surface area contributed by atoms with E-state index < -0.39 is 35.6 Å². The van der Waals surface area contributed by atoms with Crippen LogP contribution in [-0.2, 0) is 19.1 Å². The van der Waals surface area contributed by atoms with Gasteiger partial charge >= 0.3 is 5.97 Å². The molecule has 0 radical (unpaired) electrons. The third kappa shape index (κ3) is 4.26. The van der Waals surface area contributed by atoms with Crippen molar-refractivity contribution in [2.24, 2.45) is 11.8 Å². The van der Waals surface area contributed by atoms with Crippen molar-refractivity contribution in [1.29, 1.82) is 0 Å². The molecule has 0 saturated carbocycles. The Morgan fingerprint density at radius 1 is 1.31 bits per heavy atom. The highest BCUT2D eigenvalue weighted by Gasteiger charge is 2.74. The second kappa shape index (κ2) is 10.3. The summed E-state index contributed by atoms with van der Waals surface area (Å²) >= 11 is 6.52. The van der Waals surface area contributed by atoms with Gasteiger partial charge in [0.2, 0.25) is 5.91 Å². The maximum atomic E-state index is 14.3. The Balaban J connectivity index is 1.73. The highest BCUT2D eigenvalue weighted by Crippen LogP contribution is 2.58. The Kier molecular flexibility index (Phi) is 7.54. The highest BCUT2D eigenvalue weighted by molar-refractivity contribution is 6.34. The highest BCUT2D eigenvalue weighted by atomic mass is 35.5. The van der Waals surface area contributed by atoms with E-state index in [1.54, 1.807) is 21.9 Å². The minimum absolute atomic E-state index is 0.109. The number of likely N-dealkylation sites (tertiary alicyclic amines) is 1. The first-order chi connectivity index (χ1) is 16.8. The van der Waals surface area contributed by atoms with Crippen molar-refractivity contribution in [3.05, 3.63) is 41.4 Å². The number of aliphatic hydroxyl groups excluding tert-OH is 1. The number of carboxylic acids is 1. The second-order valence-electron chi connectivity index (χ2n) is 9.71. The number of anilines is 1. The van der Waals surface area contributed by atoms with Crippen molar-refractivity contribution in [2.75, 3.05) is 24.6 Å². The first-order valence-electron chi connectivity index (χ1n) is 12.3. The molecule has 5 atom stereocenters. The number of aliphatic carboxylic acids is 1. The van der Waals surface area contributed by atoms with Gasteiger partial charge in [-0.3, -0.25) is 14.4 Å². The summed E-state index contributed by atoms with van der Waals surface area (Å²) in [5.74, 6) is -3.56. The van der Waals surface area contributed by atoms with Crippen molar-refractivity contribution >= 4 is 35.1 Å². The number of carbonyl (C=O) groups is 3. The predicted octanol–water partition coefficient (Wildman–Crippen LogP) is 3.18. The zero-order chi connectivity index (χ0) is 25.3. The molecule has 2 amide bonds. The molecule has 3 saturated heterocycles. The Hall–Kier alpha value is -2.42. The fourth-order valence-corrected chi connectivity index (χ4v) is 6.56. The zero-order valence-corrected chi connectivity index (χ0v) is 20.7. The molecule has 0 aliphatic carbocycles. The standard InChI is InChI=1S/C26H33ClN2O6/c1-3-13-28(21-16(2)9-8-10-17(21)27)24(32)22-26-12-11-18(35-26)19(25(33)34)20(26)23(31)29(22)14-6-4-5-7-15-30/h3,8-10,18-20,22,30H,1,4-7,11-15H2,2H3,(H,33,34)/t18-,19+,20+,22-,26+/m1/s1. The van der Waals surface area contributed by atoms with E-state index in [2.05, 4.69) is 6.58 Å². The molecule has 190 valence electrons. The number of carboxylic acid groups (broad SMARTS) is 1. The molecule has 2 bridgehead atoms. The van der Waals surface area contributed by atoms with Crippen LogP contribution in [-0.4, -0.2) is 70.3 Å². The van der Waals surface area contributed by atoms with E-state index in [1.165, 1.54) is 0 Å². The largest absolute Gasteiger partial charge is 0.481 e. The molecule has 9 heteroatoms. The van der Waals surface area contributed by atoms with Gasteiger partial charge in [-0.1, -0.05) is 42.7 Å². The van der Waals surface area contributed by atoms with Crippen molar-refractivity contribution < 1.29 is 29.3 Å². The molecule has 35 heavy (non-hydrogen) atoms. The number of ether oxygens (including phenoxy) is 1. The van der Waals surface area contributed by atoms with Crippen LogP contribution in [0.3, 0.4) is 0 Å². The zero-order valence-electron chi connectivity index (χ0n) is 20.0. The van der Waals surface area contributed by atoms with Gasteiger partial charge in [-0.15, -0.1) is 6.58 Å². The van der Waals surface area contributed by atoms with Crippen molar-refractivity contribution in [3.63, 3.8) is 0 Å². The molecule has 4 rings (SSSR count). The minimum atomic E-state index is -1.17. The summed E-state index contributed by atoms with van der Waals surface area (Å²) in [7, 11) is 0. The molecular weight excluding hydrogens is 472 g/mol. The smallest absolute Gasteiger partial charge is 0.310 e. The summed E-state index contributed by atoms with van der Waals surface area (Å²) in [4.78, 5) is 43.2. The fraction of sp³-hybridized carbons (Fsp3) is 0.577. The van der Waals surface area contributed by atoms with E-state index in [-0.39, 0.29) is 25.0 Å². The van der Waals surface area contributed by atoms with E-state index in [9.17, 15) is 19.5 Å². The van der Waals surface area contributed by atoms with Gasteiger partial charge in [0, 0.05) is 19.7 Å². The number of hydrogen-bond donors (Lipinski definition) is 2. The van der Waals surface area contributed by atoms with Crippen LogP contribution >= 0.6 is 11.6 Å². The lowest BCUT2D eigenvalue weighted by atomic mass is 9.70. The quantitative estimate of drug-likeness (QED) is 0.354. The lowest BCUT2D eigenvalue weighted by molar-refractivity contribution is -0.149. The van der Waals surface area contributed by atoms with Gasteiger partial charge in [0.25, 0.3) is 5.91 Å². The van der Waals surface area contributed by atoms with Crippen molar-refractivity contribution in [2.45, 2.75) is 63.2 Å². The average Bonchev–Trinajstić information content (AvgIpc) is 3.45. The van der Waals surface area contributed by atoms with E-state index >= 15 is 0 Å². The normalized spacial score (nSPS) is 28.9. The number of amides is 2. The van der Waals surface area contributed by atoms with Crippen molar-refractivity contribution in [3.8, 4) is 0 Å². The number of nitrogens with zero attached hydrogens (tertiary/aromatic N) is 2. The maximum Gasteiger partial charge on any atom is 0.310 e. The summed E-state index contributed by atoms with van der Waals surface area (Å²) in [6.07, 6.45) is 4.91. The van der Waals surface area contributed by atoms with Gasteiger partial charge in [-0.05, 0) is 44.2 Å². The number of para-hydroxylation sites is 1. The SMILES string of the molecule is C=CCN(C(=O)[C@H]1N(CCCCCCO)C(=O)[C@@H]2[C@@H](C(=O)O)[C@H]3CC[C@]21O3)c1c(C)cccc1Cl. The van der Waals surface area contributed by atoms with Crippen LogP contribution in [0.2, 0.25) is 5.02 Å². The summed E-state index contributed by atoms with van der Waals surface area (Å²) < 4.78 is 6.28. The van der Waals surface area contributed by atoms with Crippen LogP contribution in [0.25, 0.3) is 0 Å². The molecule has 2 N–H and O–H groups in total. The summed E-state index contributed by atoms with van der Waals surface area (Å²) in [6, 6.07) is 4.44. The number of benzene rings is 1.